The van der Waals surface area contributed by atoms with Gasteiger partial charge in [0.2, 0.25) is 5.91 Å². The van der Waals surface area contributed by atoms with E-state index in [1.165, 1.54) is 4.90 Å². The van der Waals surface area contributed by atoms with Gasteiger partial charge in [0.25, 0.3) is 5.91 Å². The summed E-state index contributed by atoms with van der Waals surface area (Å²) in [6, 6.07) is 8.50. The molecule has 6 nitrogen and oxygen atoms in total. The lowest BCUT2D eigenvalue weighted by atomic mass is 10.2. The molecule has 1 aliphatic carbocycles. The van der Waals surface area contributed by atoms with Crippen molar-refractivity contribution in [1.29, 1.82) is 0 Å². The Bertz CT molecular complexity index is 568. The number of ether oxygens (including phenoxy) is 1. The molecule has 1 heterocycles. The number of benzene rings is 1. The van der Waals surface area contributed by atoms with E-state index < -0.39 is 12.1 Å². The molecule has 2 fully saturated rings. The molecule has 3 rings (SSSR count). The van der Waals surface area contributed by atoms with E-state index >= 15 is 0 Å². The topological polar surface area (TPSA) is 75.7 Å². The van der Waals surface area contributed by atoms with E-state index in [0.717, 1.165) is 18.4 Å². The minimum absolute atomic E-state index is 0.0236. The predicted octanol–water partition coefficient (Wildman–Crippen LogP) is 1.20. The number of likely N-dealkylation sites (tertiary alicyclic amines) is 1. The Hall–Kier alpha value is -2.37. The van der Waals surface area contributed by atoms with Crippen LogP contribution in [0, 0.1) is 0 Å². The lowest BCUT2D eigenvalue weighted by molar-refractivity contribution is -0.139. The largest absolute Gasteiger partial charge is 0.445 e. The second-order valence-corrected chi connectivity index (χ2v) is 5.30. The number of imide groups is 1. The number of nitrogens with one attached hydrogen (secondary N) is 1. The first-order valence-electron chi connectivity index (χ1n) is 6.98. The van der Waals surface area contributed by atoms with Crippen LogP contribution in [0.25, 0.3) is 0 Å². The summed E-state index contributed by atoms with van der Waals surface area (Å²) in [4.78, 5) is 36.8. The quantitative estimate of drug-likeness (QED) is 0.845. The Morgan fingerprint density at radius 1 is 1.24 bits per heavy atom. The van der Waals surface area contributed by atoms with Crippen LogP contribution in [0.3, 0.4) is 0 Å². The molecule has 6 heteroatoms. The molecular formula is C15H16N2O4. The van der Waals surface area contributed by atoms with E-state index in [1.807, 2.05) is 30.3 Å². The number of hydrogen-bond acceptors (Lipinski definition) is 4. The van der Waals surface area contributed by atoms with Crippen molar-refractivity contribution in [1.82, 2.24) is 10.2 Å². The number of alkyl carbamates (subject to hydrolysis) is 1. The van der Waals surface area contributed by atoms with Crippen LogP contribution in [0.5, 0.6) is 0 Å². The molecule has 1 saturated heterocycles. The first kappa shape index (κ1) is 13.6. The summed E-state index contributed by atoms with van der Waals surface area (Å²) in [6.07, 6.45) is 1.07. The first-order valence-corrected chi connectivity index (χ1v) is 6.98. The second-order valence-electron chi connectivity index (χ2n) is 5.30. The van der Waals surface area contributed by atoms with E-state index in [0.29, 0.717) is 0 Å². The van der Waals surface area contributed by atoms with Gasteiger partial charge in [-0.15, -0.1) is 0 Å². The van der Waals surface area contributed by atoms with Crippen LogP contribution in [-0.4, -0.2) is 34.9 Å². The van der Waals surface area contributed by atoms with Crippen molar-refractivity contribution in [3.63, 3.8) is 0 Å². The van der Waals surface area contributed by atoms with Crippen LogP contribution in [0.4, 0.5) is 4.79 Å². The summed E-state index contributed by atoms with van der Waals surface area (Å²) in [5, 5.41) is 2.47. The lowest BCUT2D eigenvalue weighted by Gasteiger charge is -2.14. The number of amides is 3. The van der Waals surface area contributed by atoms with E-state index in [4.69, 9.17) is 4.74 Å². The maximum absolute atomic E-state index is 12.0. The van der Waals surface area contributed by atoms with Crippen molar-refractivity contribution in [3.8, 4) is 0 Å². The van der Waals surface area contributed by atoms with Crippen molar-refractivity contribution in [3.05, 3.63) is 35.9 Å². The minimum Gasteiger partial charge on any atom is -0.445 e. The number of nitrogens with zero attached hydrogens (tertiary/aromatic N) is 1. The highest BCUT2D eigenvalue weighted by Crippen LogP contribution is 2.31. The number of carbonyl (C=O) groups is 3. The molecule has 0 radical (unpaired) electrons. The van der Waals surface area contributed by atoms with Gasteiger partial charge in [0, 0.05) is 6.04 Å². The fourth-order valence-electron chi connectivity index (χ4n) is 2.39. The molecule has 1 saturated carbocycles. The molecule has 1 atom stereocenters. The van der Waals surface area contributed by atoms with Gasteiger partial charge >= 0.3 is 6.09 Å². The highest BCUT2D eigenvalue weighted by molar-refractivity contribution is 6.07. The molecule has 1 aromatic carbocycles. The summed E-state index contributed by atoms with van der Waals surface area (Å²) >= 11 is 0. The molecule has 21 heavy (non-hydrogen) atoms. The normalized spacial score (nSPS) is 21.5. The monoisotopic (exact) mass is 288 g/mol. The zero-order chi connectivity index (χ0) is 14.8. The van der Waals surface area contributed by atoms with Gasteiger partial charge in [-0.05, 0) is 18.4 Å². The molecule has 1 aliphatic heterocycles. The van der Waals surface area contributed by atoms with Crippen LogP contribution in [0.15, 0.2) is 30.3 Å². The maximum Gasteiger partial charge on any atom is 0.408 e. The van der Waals surface area contributed by atoms with Crippen LogP contribution >= 0.6 is 0 Å². The average Bonchev–Trinajstić information content (AvgIpc) is 3.26. The highest BCUT2D eigenvalue weighted by Gasteiger charge is 2.46. The molecule has 2 aliphatic rings. The van der Waals surface area contributed by atoms with Gasteiger partial charge in [-0.3, -0.25) is 14.5 Å². The minimum atomic E-state index is -0.790. The number of hydrogen-bond donors (Lipinski definition) is 1. The first-order chi connectivity index (χ1) is 10.1. The summed E-state index contributed by atoms with van der Waals surface area (Å²) in [5.41, 5.74) is 0.862. The van der Waals surface area contributed by atoms with Gasteiger partial charge < -0.3 is 10.1 Å². The van der Waals surface area contributed by atoms with Crippen molar-refractivity contribution < 1.29 is 19.1 Å². The molecule has 1 aromatic rings. The highest BCUT2D eigenvalue weighted by atomic mass is 16.5. The van der Waals surface area contributed by atoms with E-state index in [1.54, 1.807) is 0 Å². The predicted molar refractivity (Wildman–Crippen MR) is 73.0 cm³/mol. The fraction of sp³-hybridized carbons (Fsp3) is 0.400. The van der Waals surface area contributed by atoms with Gasteiger partial charge in [0.05, 0.1) is 6.42 Å². The van der Waals surface area contributed by atoms with Crippen molar-refractivity contribution in [2.24, 2.45) is 0 Å². The van der Waals surface area contributed by atoms with Crippen molar-refractivity contribution >= 4 is 17.9 Å². The molecule has 110 valence electrons. The van der Waals surface area contributed by atoms with Gasteiger partial charge in [-0.25, -0.2) is 4.79 Å². The number of carbonyl (C=O) groups excluding carboxylic acids is 3. The zero-order valence-electron chi connectivity index (χ0n) is 11.5. The van der Waals surface area contributed by atoms with Crippen molar-refractivity contribution in [2.75, 3.05) is 0 Å². The zero-order valence-corrected chi connectivity index (χ0v) is 11.5. The molecule has 0 spiro atoms. The standard InChI is InChI=1S/C15H16N2O4/c18-13-8-12(14(19)17(13)11-6-7-11)16-15(20)21-9-10-4-2-1-3-5-10/h1-5,11-12H,6-9H2,(H,16,20)/t12-/m1/s1. The summed E-state index contributed by atoms with van der Waals surface area (Å²) in [5.74, 6) is -0.532. The van der Waals surface area contributed by atoms with E-state index in [9.17, 15) is 14.4 Å². The Kier molecular flexibility index (Phi) is 3.60. The molecule has 3 amide bonds. The molecule has 0 unspecified atom stereocenters. The third-order valence-corrected chi connectivity index (χ3v) is 3.60. The van der Waals surface area contributed by atoms with Gasteiger partial charge in [0.1, 0.15) is 12.6 Å². The Morgan fingerprint density at radius 2 is 1.95 bits per heavy atom. The number of rotatable bonds is 4. The summed E-state index contributed by atoms with van der Waals surface area (Å²) in [6.45, 7) is 0.133. The van der Waals surface area contributed by atoms with Crippen LogP contribution in [-0.2, 0) is 20.9 Å². The average molecular weight is 288 g/mol. The molecule has 1 N–H and O–H groups in total. The van der Waals surface area contributed by atoms with Crippen LogP contribution in [0.2, 0.25) is 0 Å². The van der Waals surface area contributed by atoms with Gasteiger partial charge in [0.15, 0.2) is 0 Å². The maximum atomic E-state index is 12.0. The summed E-state index contributed by atoms with van der Waals surface area (Å²) < 4.78 is 5.05. The van der Waals surface area contributed by atoms with Crippen LogP contribution in [0.1, 0.15) is 24.8 Å². The Balaban J connectivity index is 1.51. The SMILES string of the molecule is O=C(N[C@@H]1CC(=O)N(C2CC2)C1=O)OCc1ccccc1. The second kappa shape index (κ2) is 5.55. The van der Waals surface area contributed by atoms with Crippen molar-refractivity contribution in [2.45, 2.75) is 38.0 Å². The Labute approximate surface area is 122 Å². The van der Waals surface area contributed by atoms with E-state index in [2.05, 4.69) is 5.32 Å². The lowest BCUT2D eigenvalue weighted by Crippen LogP contribution is -2.42. The summed E-state index contributed by atoms with van der Waals surface area (Å²) in [7, 11) is 0. The smallest absolute Gasteiger partial charge is 0.408 e. The molecule has 0 bridgehead atoms. The third-order valence-electron chi connectivity index (χ3n) is 3.60. The third kappa shape index (κ3) is 3.04. The Morgan fingerprint density at radius 3 is 2.62 bits per heavy atom. The van der Waals surface area contributed by atoms with E-state index in [-0.39, 0.29) is 30.9 Å². The fourth-order valence-corrected chi connectivity index (χ4v) is 2.39. The molecular weight excluding hydrogens is 272 g/mol. The van der Waals surface area contributed by atoms with Gasteiger partial charge in [-0.1, -0.05) is 30.3 Å². The van der Waals surface area contributed by atoms with Crippen LogP contribution < -0.4 is 5.32 Å². The molecule has 0 aromatic heterocycles. The van der Waals surface area contributed by atoms with Gasteiger partial charge in [-0.2, -0.15) is 0 Å².